The molecule has 0 saturated carbocycles. The van der Waals surface area contributed by atoms with E-state index in [0.29, 0.717) is 10.0 Å². The molecular weight excluding hydrogens is 719 g/mol. The third-order valence-corrected chi connectivity index (χ3v) is 9.22. The van der Waals surface area contributed by atoms with Crippen molar-refractivity contribution in [3.05, 3.63) is 201 Å². The van der Waals surface area contributed by atoms with Crippen LogP contribution in [0.1, 0.15) is 68.8 Å². The number of nitrogens with one attached hydrogen (secondary N) is 2. The van der Waals surface area contributed by atoms with Gasteiger partial charge >= 0.3 is 12.2 Å². The van der Waals surface area contributed by atoms with Crippen LogP contribution in [-0.2, 0) is 9.47 Å². The molecule has 0 unspecified atom stereocenters. The fourth-order valence-electron chi connectivity index (χ4n) is 5.98. The van der Waals surface area contributed by atoms with Crippen LogP contribution in [0.15, 0.2) is 146 Å². The lowest BCUT2D eigenvalue weighted by molar-refractivity contribution is 0.131. The maximum atomic E-state index is 11.9. The van der Waals surface area contributed by atoms with Gasteiger partial charge in [0.05, 0.1) is 0 Å². The fourth-order valence-corrected chi connectivity index (χ4v) is 6.46. The zero-order valence-corrected chi connectivity index (χ0v) is 30.0. The van der Waals surface area contributed by atoms with Crippen molar-refractivity contribution in [1.29, 1.82) is 0 Å². The summed E-state index contributed by atoms with van der Waals surface area (Å²) in [6.07, 6.45) is 4.80. The molecule has 2 N–H and O–H groups in total. The molecule has 54 heavy (non-hydrogen) atoms. The van der Waals surface area contributed by atoms with Gasteiger partial charge < -0.3 is 20.1 Å². The van der Waals surface area contributed by atoms with Crippen LogP contribution in [-0.4, -0.2) is 22.2 Å². The highest BCUT2D eigenvalue weighted by Gasteiger charge is 2.39. The number of hydrogen-bond acceptors (Lipinski definition) is 6. The van der Waals surface area contributed by atoms with Gasteiger partial charge in [-0.2, -0.15) is 0 Å². The summed E-state index contributed by atoms with van der Waals surface area (Å²) in [4.78, 5) is 32.3. The van der Waals surface area contributed by atoms with Crippen molar-refractivity contribution in [3.8, 4) is 23.7 Å². The molecule has 0 bridgehead atoms. The van der Waals surface area contributed by atoms with Gasteiger partial charge in [-0.1, -0.05) is 120 Å². The summed E-state index contributed by atoms with van der Waals surface area (Å²) in [6, 6.07) is 37.2. The Kier molecular flexibility index (Phi) is 11.2. The van der Waals surface area contributed by atoms with E-state index in [9.17, 15) is 9.59 Å². The summed E-state index contributed by atoms with van der Waals surface area (Å²) < 4.78 is 10.9. The van der Waals surface area contributed by atoms with Gasteiger partial charge in [-0.25, -0.2) is 9.59 Å². The largest absolute Gasteiger partial charge is 0.439 e. The van der Waals surface area contributed by atoms with Crippen molar-refractivity contribution in [2.45, 2.75) is 24.3 Å². The average molecular weight is 750 g/mol. The average Bonchev–Trinajstić information content (AvgIpc) is 3.80. The number of ether oxygens (including phenoxy) is 2. The summed E-state index contributed by atoms with van der Waals surface area (Å²) in [5, 5.41) is 6.78. The number of hydrogen-bond donors (Lipinski definition) is 2. The highest BCUT2D eigenvalue weighted by atomic mass is 35.5. The Balaban J connectivity index is 0.000000167. The van der Waals surface area contributed by atoms with E-state index in [0.717, 1.165) is 44.5 Å². The van der Waals surface area contributed by atoms with Crippen molar-refractivity contribution >= 4 is 35.4 Å². The van der Waals surface area contributed by atoms with Crippen molar-refractivity contribution in [1.82, 2.24) is 20.6 Å². The second-order valence-electron chi connectivity index (χ2n) is 12.2. The number of cyclic esters (lactones) is 2. The number of amides is 2. The topological polar surface area (TPSA) is 102 Å². The monoisotopic (exact) mass is 748 g/mol. The van der Waals surface area contributed by atoms with Gasteiger partial charge in [0, 0.05) is 68.2 Å². The first-order valence-corrected chi connectivity index (χ1v) is 17.6. The maximum absolute atomic E-state index is 11.9. The lowest BCUT2D eigenvalue weighted by atomic mass is 9.97. The van der Waals surface area contributed by atoms with Crippen molar-refractivity contribution < 1.29 is 19.1 Å². The number of benzene rings is 4. The second-order valence-corrected chi connectivity index (χ2v) is 13.0. The molecule has 4 heterocycles. The molecule has 8 rings (SSSR count). The molecule has 8 nitrogen and oxygen atoms in total. The standard InChI is InChI=1S/2C22H15ClN2O2/c2*23-19-9-5-4-8-18(19)21-20(25-22(26)27-21)17-12-16(13-24-14-17)11-10-15-6-2-1-3-7-15/h2*1-9,12-14,20-21H,(H,25,26)/t2*20-,21-/m10/s1. The van der Waals surface area contributed by atoms with E-state index < -0.39 is 24.4 Å². The number of carbonyl (C=O) groups excluding carboxylic acids is 2. The Morgan fingerprint density at radius 1 is 0.481 bits per heavy atom. The highest BCUT2D eigenvalue weighted by molar-refractivity contribution is 6.31. The van der Waals surface area contributed by atoms with Crippen LogP contribution in [0.5, 0.6) is 0 Å². The Labute approximate surface area is 322 Å². The Morgan fingerprint density at radius 3 is 1.26 bits per heavy atom. The quantitative estimate of drug-likeness (QED) is 0.174. The van der Waals surface area contributed by atoms with Crippen molar-refractivity contribution in [3.63, 3.8) is 0 Å². The van der Waals surface area contributed by atoms with Crippen LogP contribution in [0.25, 0.3) is 0 Å². The van der Waals surface area contributed by atoms with Gasteiger partial charge in [0.2, 0.25) is 0 Å². The van der Waals surface area contributed by atoms with Gasteiger partial charge in [-0.15, -0.1) is 0 Å². The molecule has 4 aromatic carbocycles. The first-order valence-electron chi connectivity index (χ1n) is 16.9. The molecule has 0 radical (unpaired) electrons. The number of nitrogens with zero attached hydrogens (tertiary/aromatic N) is 2. The van der Waals surface area contributed by atoms with Gasteiger partial charge in [0.1, 0.15) is 12.1 Å². The molecule has 2 saturated heterocycles. The van der Waals surface area contributed by atoms with Gasteiger partial charge in [-0.3, -0.25) is 9.97 Å². The van der Waals surface area contributed by atoms with Crippen LogP contribution in [0, 0.1) is 23.7 Å². The minimum atomic E-state index is -0.523. The van der Waals surface area contributed by atoms with Gasteiger partial charge in [0.15, 0.2) is 12.2 Å². The lowest BCUT2D eigenvalue weighted by Gasteiger charge is -2.18. The van der Waals surface area contributed by atoms with Gasteiger partial charge in [-0.05, 0) is 59.7 Å². The Hall–Kier alpha value is -6.58. The second kappa shape index (κ2) is 16.8. The molecule has 2 aliphatic heterocycles. The Morgan fingerprint density at radius 2 is 0.852 bits per heavy atom. The molecule has 6 aromatic rings. The third kappa shape index (κ3) is 8.71. The van der Waals surface area contributed by atoms with Crippen LogP contribution in [0.3, 0.4) is 0 Å². The first kappa shape index (κ1) is 35.8. The zero-order chi connectivity index (χ0) is 37.3. The minimum absolute atomic E-state index is 0.386. The van der Waals surface area contributed by atoms with E-state index >= 15 is 0 Å². The van der Waals surface area contributed by atoms with Crippen LogP contribution < -0.4 is 10.6 Å². The van der Waals surface area contributed by atoms with Crippen molar-refractivity contribution in [2.24, 2.45) is 0 Å². The summed E-state index contributed by atoms with van der Waals surface area (Å²) in [7, 11) is 0. The van der Waals surface area contributed by atoms with Crippen LogP contribution in [0.2, 0.25) is 10.0 Å². The van der Waals surface area contributed by atoms with E-state index in [4.69, 9.17) is 32.7 Å². The van der Waals surface area contributed by atoms with E-state index in [1.165, 1.54) is 0 Å². The molecule has 2 aliphatic rings. The number of aromatic nitrogens is 2. The lowest BCUT2D eigenvalue weighted by Crippen LogP contribution is -2.20. The number of pyridine rings is 2. The molecule has 2 aromatic heterocycles. The molecular formula is C44H30Cl2N4O4. The highest BCUT2D eigenvalue weighted by Crippen LogP contribution is 2.40. The van der Waals surface area contributed by atoms with Crippen molar-refractivity contribution in [2.75, 3.05) is 0 Å². The normalized spacial score (nSPS) is 18.2. The van der Waals surface area contributed by atoms with E-state index in [2.05, 4.69) is 44.3 Å². The van der Waals surface area contributed by atoms with Gasteiger partial charge in [0.25, 0.3) is 0 Å². The van der Waals surface area contributed by atoms with E-state index in [-0.39, 0.29) is 12.1 Å². The van der Waals surface area contributed by atoms with Crippen LogP contribution in [0.4, 0.5) is 9.59 Å². The summed E-state index contributed by atoms with van der Waals surface area (Å²) in [6.45, 7) is 0. The molecule has 264 valence electrons. The number of halogens is 2. The molecule has 4 atom stereocenters. The van der Waals surface area contributed by atoms with E-state index in [1.807, 2.05) is 109 Å². The summed E-state index contributed by atoms with van der Waals surface area (Å²) in [5.74, 6) is 12.4. The van der Waals surface area contributed by atoms with E-state index in [1.54, 1.807) is 36.9 Å². The molecule has 0 spiro atoms. The number of alkyl carbamates (subject to hydrolysis) is 2. The Bertz CT molecular complexity index is 2250. The summed E-state index contributed by atoms with van der Waals surface area (Å²) >= 11 is 12.6. The zero-order valence-electron chi connectivity index (χ0n) is 28.4. The molecule has 2 amide bonds. The molecule has 10 heteroatoms. The SMILES string of the molecule is O=C1N[C@@H](c2cncc(C#Cc3ccccc3)c2)[C@H](c2ccccc2Cl)O1.O=C1N[C@H](c2cncc(C#Cc3ccccc3)c2)[C@@H](c2ccccc2Cl)O1. The smallest absolute Gasteiger partial charge is 0.408 e. The van der Waals surface area contributed by atoms with Crippen LogP contribution >= 0.6 is 23.2 Å². The number of carbonyl (C=O) groups is 2. The number of rotatable bonds is 4. The predicted octanol–water partition coefficient (Wildman–Crippen LogP) is 9.31. The minimum Gasteiger partial charge on any atom is -0.439 e. The molecule has 2 fully saturated rings. The predicted molar refractivity (Wildman–Crippen MR) is 206 cm³/mol. The molecule has 0 aliphatic carbocycles. The maximum Gasteiger partial charge on any atom is 0.408 e. The summed E-state index contributed by atoms with van der Waals surface area (Å²) in [5.41, 5.74) is 6.50. The third-order valence-electron chi connectivity index (χ3n) is 8.53. The fraction of sp³-hybridized carbons (Fsp3) is 0.0909. The first-order chi connectivity index (χ1) is 26.4.